The maximum absolute atomic E-state index is 10.4. The second kappa shape index (κ2) is 2.65. The van der Waals surface area contributed by atoms with Crippen LogP contribution in [0.2, 0.25) is 0 Å². The molecule has 0 aromatic rings. The minimum Gasteiger partial charge on any atom is -0.346 e. The van der Waals surface area contributed by atoms with E-state index < -0.39 is 8.03 Å². The van der Waals surface area contributed by atoms with Gasteiger partial charge in [-0.1, -0.05) is 13.3 Å². The molecule has 0 aromatic heterocycles. The lowest BCUT2D eigenvalue weighted by atomic mass is 10.2. The van der Waals surface area contributed by atoms with Gasteiger partial charge in [0.2, 0.25) is 0 Å². The van der Waals surface area contributed by atoms with E-state index in [-0.39, 0.29) is 5.54 Å². The number of hydrogen-bond donors (Lipinski definition) is 2. The normalized spacial score (nSPS) is 41.3. The van der Waals surface area contributed by atoms with Gasteiger partial charge in [-0.25, -0.2) is 0 Å². The van der Waals surface area contributed by atoms with Crippen molar-refractivity contribution in [2.75, 3.05) is 6.16 Å². The van der Waals surface area contributed by atoms with Gasteiger partial charge in [-0.2, -0.15) is 0 Å². The smallest absolute Gasteiger partial charge is 0.190 e. The van der Waals surface area contributed by atoms with Crippen molar-refractivity contribution in [2.45, 2.75) is 25.3 Å². The molecule has 3 nitrogen and oxygen atoms in total. The van der Waals surface area contributed by atoms with E-state index in [9.17, 15) is 4.57 Å². The summed E-state index contributed by atoms with van der Waals surface area (Å²) in [6, 6.07) is 0. The molecule has 0 heterocycles. The van der Waals surface area contributed by atoms with E-state index in [1.807, 2.05) is 0 Å². The van der Waals surface area contributed by atoms with E-state index in [2.05, 4.69) is 6.92 Å². The molecular weight excluding hydrogens is 149 g/mol. The third-order valence-corrected chi connectivity index (χ3v) is 3.21. The van der Waals surface area contributed by atoms with Crippen LogP contribution in [-0.2, 0) is 4.57 Å². The summed E-state index contributed by atoms with van der Waals surface area (Å²) in [6.07, 6.45) is 2.28. The fraction of sp³-hybridized carbons (Fsp3) is 1.00. The third kappa shape index (κ3) is 1.60. The van der Waals surface area contributed by atoms with Gasteiger partial charge in [0.15, 0.2) is 8.03 Å². The predicted octanol–water partition coefficient (Wildman–Crippen LogP) is 0.581. The largest absolute Gasteiger partial charge is 0.346 e. The molecule has 0 radical (unpaired) electrons. The topological polar surface area (TPSA) is 63.3 Å². The quantitative estimate of drug-likeness (QED) is 0.598. The fourth-order valence-corrected chi connectivity index (χ4v) is 2.44. The lowest BCUT2D eigenvalue weighted by Crippen LogP contribution is -2.27. The van der Waals surface area contributed by atoms with Crippen molar-refractivity contribution >= 4 is 8.03 Å². The van der Waals surface area contributed by atoms with E-state index in [0.29, 0.717) is 12.1 Å². The van der Waals surface area contributed by atoms with Crippen molar-refractivity contribution in [1.82, 2.24) is 0 Å². The molecular formula is C6H14NO2P. The first-order chi connectivity index (χ1) is 4.58. The Labute approximate surface area is 61.5 Å². The lowest BCUT2D eigenvalue weighted by Gasteiger charge is -2.06. The van der Waals surface area contributed by atoms with Crippen LogP contribution in [0.25, 0.3) is 0 Å². The molecule has 1 aliphatic rings. The summed E-state index contributed by atoms with van der Waals surface area (Å²) in [5, 5.41) is 0. The first kappa shape index (κ1) is 8.25. The summed E-state index contributed by atoms with van der Waals surface area (Å²) in [7, 11) is -2.35. The summed E-state index contributed by atoms with van der Waals surface area (Å²) in [6.45, 7) is 2.06. The maximum atomic E-state index is 10.4. The molecule has 4 heteroatoms. The molecule has 1 fully saturated rings. The van der Waals surface area contributed by atoms with Gasteiger partial charge >= 0.3 is 0 Å². The van der Waals surface area contributed by atoms with E-state index in [1.165, 1.54) is 0 Å². The zero-order valence-electron chi connectivity index (χ0n) is 6.13. The SMILES string of the molecule is CC[C@H]1C[C@@]1(N)C[PH](=O)O. The highest BCUT2D eigenvalue weighted by atomic mass is 31.1. The average Bonchev–Trinajstić information content (AvgIpc) is 2.39. The monoisotopic (exact) mass is 163 g/mol. The van der Waals surface area contributed by atoms with Gasteiger partial charge < -0.3 is 10.6 Å². The molecule has 60 valence electrons. The minimum absolute atomic E-state index is 0.278. The van der Waals surface area contributed by atoms with Crippen LogP contribution in [0.1, 0.15) is 19.8 Å². The second-order valence-corrected chi connectivity index (χ2v) is 4.25. The Morgan fingerprint density at radius 2 is 2.50 bits per heavy atom. The number of nitrogens with two attached hydrogens (primary N) is 1. The Kier molecular flexibility index (Phi) is 2.18. The molecule has 10 heavy (non-hydrogen) atoms. The van der Waals surface area contributed by atoms with Gasteiger partial charge in [-0.3, -0.25) is 4.57 Å². The van der Waals surface area contributed by atoms with Gasteiger partial charge in [-0.05, 0) is 12.3 Å². The molecule has 3 atom stereocenters. The Morgan fingerprint density at radius 1 is 1.90 bits per heavy atom. The van der Waals surface area contributed by atoms with Crippen LogP contribution in [0.4, 0.5) is 0 Å². The molecule has 0 saturated heterocycles. The molecule has 1 rings (SSSR count). The molecule has 1 saturated carbocycles. The summed E-state index contributed by atoms with van der Waals surface area (Å²) in [5.41, 5.74) is 5.49. The maximum Gasteiger partial charge on any atom is 0.190 e. The highest BCUT2D eigenvalue weighted by molar-refractivity contribution is 7.38. The molecule has 0 bridgehead atoms. The van der Waals surface area contributed by atoms with Crippen molar-refractivity contribution in [1.29, 1.82) is 0 Å². The summed E-state index contributed by atoms with van der Waals surface area (Å²) in [4.78, 5) is 8.61. The van der Waals surface area contributed by atoms with Gasteiger partial charge in [0.25, 0.3) is 0 Å². The zero-order valence-corrected chi connectivity index (χ0v) is 7.13. The first-order valence-electron chi connectivity index (χ1n) is 3.59. The summed E-state index contributed by atoms with van der Waals surface area (Å²) >= 11 is 0. The van der Waals surface area contributed by atoms with Crippen LogP contribution >= 0.6 is 8.03 Å². The lowest BCUT2D eigenvalue weighted by molar-refractivity contribution is 0.491. The molecule has 0 spiro atoms. The molecule has 0 aromatic carbocycles. The Morgan fingerprint density at radius 3 is 2.80 bits per heavy atom. The Balaban J connectivity index is 2.36. The van der Waals surface area contributed by atoms with Crippen LogP contribution < -0.4 is 5.73 Å². The van der Waals surface area contributed by atoms with Crippen LogP contribution in [0.3, 0.4) is 0 Å². The second-order valence-electron chi connectivity index (χ2n) is 3.11. The summed E-state index contributed by atoms with van der Waals surface area (Å²) in [5.74, 6) is 0.494. The van der Waals surface area contributed by atoms with Crippen LogP contribution in [0.15, 0.2) is 0 Å². The average molecular weight is 163 g/mol. The van der Waals surface area contributed by atoms with Crippen molar-refractivity contribution in [3.05, 3.63) is 0 Å². The van der Waals surface area contributed by atoms with Gasteiger partial charge in [0.1, 0.15) is 0 Å². The van der Waals surface area contributed by atoms with Crippen molar-refractivity contribution in [3.8, 4) is 0 Å². The molecule has 1 aliphatic carbocycles. The predicted molar refractivity (Wildman–Crippen MR) is 41.4 cm³/mol. The van der Waals surface area contributed by atoms with Crippen LogP contribution in [0.5, 0.6) is 0 Å². The van der Waals surface area contributed by atoms with E-state index in [0.717, 1.165) is 12.8 Å². The van der Waals surface area contributed by atoms with E-state index in [4.69, 9.17) is 10.6 Å². The third-order valence-electron chi connectivity index (χ3n) is 2.25. The minimum atomic E-state index is -2.35. The molecule has 3 N–H and O–H groups in total. The Hall–Kier alpha value is 0.150. The summed E-state index contributed by atoms with van der Waals surface area (Å²) < 4.78 is 10.4. The van der Waals surface area contributed by atoms with Crippen LogP contribution in [0, 0.1) is 5.92 Å². The highest BCUT2D eigenvalue weighted by Gasteiger charge is 2.49. The molecule has 0 aliphatic heterocycles. The first-order valence-corrected chi connectivity index (χ1v) is 5.15. The highest BCUT2D eigenvalue weighted by Crippen LogP contribution is 2.47. The standard InChI is InChI=1S/C6H14NO2P/c1-2-5-3-6(5,7)4-10(8)9/h5,10H,2-4,7H2,1H3,(H,8,9)/t5-,6+/m0/s1. The van der Waals surface area contributed by atoms with Gasteiger partial charge in [0.05, 0.1) is 0 Å². The van der Waals surface area contributed by atoms with E-state index in [1.54, 1.807) is 0 Å². The van der Waals surface area contributed by atoms with Gasteiger partial charge in [0, 0.05) is 11.7 Å². The van der Waals surface area contributed by atoms with Gasteiger partial charge in [-0.15, -0.1) is 0 Å². The van der Waals surface area contributed by atoms with Crippen molar-refractivity contribution in [2.24, 2.45) is 11.7 Å². The fourth-order valence-electron chi connectivity index (χ4n) is 1.45. The number of hydrogen-bond acceptors (Lipinski definition) is 2. The zero-order chi connectivity index (χ0) is 7.78. The number of rotatable bonds is 3. The van der Waals surface area contributed by atoms with Crippen molar-refractivity contribution < 1.29 is 9.46 Å². The van der Waals surface area contributed by atoms with Crippen LogP contribution in [-0.4, -0.2) is 16.6 Å². The van der Waals surface area contributed by atoms with Crippen molar-refractivity contribution in [3.63, 3.8) is 0 Å². The van der Waals surface area contributed by atoms with E-state index >= 15 is 0 Å². The Bertz CT molecular complexity index is 162. The molecule has 1 unspecified atom stereocenters. The molecule has 0 amide bonds.